The fraction of sp³-hybridized carbons (Fsp3) is 0.316. The van der Waals surface area contributed by atoms with Crippen molar-refractivity contribution in [1.29, 1.82) is 0 Å². The third-order valence-electron chi connectivity index (χ3n) is 4.86. The number of hydrogen-bond donors (Lipinski definition) is 1. The van der Waals surface area contributed by atoms with Crippen LogP contribution in [-0.2, 0) is 11.3 Å². The lowest BCUT2D eigenvalue weighted by atomic mass is 10.2. The van der Waals surface area contributed by atoms with E-state index < -0.39 is 5.69 Å². The zero-order valence-corrected chi connectivity index (χ0v) is 16.1. The van der Waals surface area contributed by atoms with Crippen LogP contribution in [0.4, 0.5) is 0 Å². The number of thiophene rings is 1. The molecule has 6 nitrogen and oxygen atoms in total. The highest BCUT2D eigenvalue weighted by atomic mass is 35.5. The lowest BCUT2D eigenvalue weighted by Crippen LogP contribution is -2.42. The summed E-state index contributed by atoms with van der Waals surface area (Å²) in [5, 5.41) is 5.26. The van der Waals surface area contributed by atoms with Crippen LogP contribution >= 0.6 is 22.9 Å². The molecule has 27 heavy (non-hydrogen) atoms. The lowest BCUT2D eigenvalue weighted by Gasteiger charge is -2.15. The van der Waals surface area contributed by atoms with E-state index in [1.165, 1.54) is 15.9 Å². The van der Waals surface area contributed by atoms with Gasteiger partial charge in [0, 0.05) is 11.1 Å². The Morgan fingerprint density at radius 2 is 1.85 bits per heavy atom. The first kappa shape index (κ1) is 18.0. The maximum absolute atomic E-state index is 13.1. The third-order valence-corrected chi connectivity index (χ3v) is 6.01. The molecule has 2 heterocycles. The van der Waals surface area contributed by atoms with Crippen LogP contribution in [0.1, 0.15) is 25.7 Å². The van der Waals surface area contributed by atoms with Crippen molar-refractivity contribution < 1.29 is 4.79 Å². The number of amides is 1. The molecule has 0 bridgehead atoms. The Hall–Kier alpha value is -2.38. The van der Waals surface area contributed by atoms with Gasteiger partial charge in [-0.1, -0.05) is 24.4 Å². The van der Waals surface area contributed by atoms with Gasteiger partial charge in [-0.2, -0.15) is 0 Å². The van der Waals surface area contributed by atoms with Crippen molar-refractivity contribution in [1.82, 2.24) is 14.5 Å². The molecule has 140 valence electrons. The minimum atomic E-state index is -0.533. The van der Waals surface area contributed by atoms with Crippen LogP contribution in [0.2, 0.25) is 5.02 Å². The molecule has 4 rings (SSSR count). The van der Waals surface area contributed by atoms with E-state index in [0.717, 1.165) is 30.3 Å². The Morgan fingerprint density at radius 3 is 2.56 bits per heavy atom. The minimum absolute atomic E-state index is 0.115. The second-order valence-electron chi connectivity index (χ2n) is 6.67. The number of carbonyl (C=O) groups is 1. The van der Waals surface area contributed by atoms with E-state index in [0.29, 0.717) is 20.9 Å². The lowest BCUT2D eigenvalue weighted by molar-refractivity contribution is -0.122. The summed E-state index contributed by atoms with van der Waals surface area (Å²) < 4.78 is 2.91. The highest BCUT2D eigenvalue weighted by Crippen LogP contribution is 2.19. The second kappa shape index (κ2) is 7.32. The SMILES string of the molecule is O=C(Cn1c(=O)n(-c2ccc(Cl)cc2)c(=O)c2sccc21)NC1CCCC1. The Morgan fingerprint density at radius 1 is 1.15 bits per heavy atom. The van der Waals surface area contributed by atoms with Gasteiger partial charge in [-0.05, 0) is 48.6 Å². The van der Waals surface area contributed by atoms with Crippen LogP contribution in [-0.4, -0.2) is 21.1 Å². The molecule has 0 saturated heterocycles. The van der Waals surface area contributed by atoms with Crippen molar-refractivity contribution in [2.45, 2.75) is 38.3 Å². The van der Waals surface area contributed by atoms with Crippen molar-refractivity contribution in [3.63, 3.8) is 0 Å². The van der Waals surface area contributed by atoms with Gasteiger partial charge in [-0.15, -0.1) is 11.3 Å². The van der Waals surface area contributed by atoms with Gasteiger partial charge in [-0.25, -0.2) is 9.36 Å². The van der Waals surface area contributed by atoms with Crippen molar-refractivity contribution in [3.8, 4) is 5.69 Å². The van der Waals surface area contributed by atoms with Gasteiger partial charge < -0.3 is 5.32 Å². The molecule has 1 N–H and O–H groups in total. The number of benzene rings is 1. The summed E-state index contributed by atoms with van der Waals surface area (Å²) in [6.07, 6.45) is 4.17. The molecule has 0 aliphatic heterocycles. The molecule has 0 atom stereocenters. The van der Waals surface area contributed by atoms with E-state index in [4.69, 9.17) is 11.6 Å². The summed E-state index contributed by atoms with van der Waals surface area (Å²) in [4.78, 5) is 38.4. The van der Waals surface area contributed by atoms with Gasteiger partial charge in [0.15, 0.2) is 0 Å². The molecule has 0 spiro atoms. The van der Waals surface area contributed by atoms with E-state index in [-0.39, 0.29) is 24.1 Å². The number of carbonyl (C=O) groups excluding carboxylic acids is 1. The fourth-order valence-corrected chi connectivity index (χ4v) is 4.50. The van der Waals surface area contributed by atoms with Crippen molar-refractivity contribution in [2.75, 3.05) is 0 Å². The summed E-state index contributed by atoms with van der Waals surface area (Å²) in [6, 6.07) is 8.36. The average molecular weight is 404 g/mol. The molecule has 1 aromatic carbocycles. The van der Waals surface area contributed by atoms with Crippen LogP contribution in [0.5, 0.6) is 0 Å². The maximum Gasteiger partial charge on any atom is 0.336 e. The van der Waals surface area contributed by atoms with Crippen LogP contribution in [0.3, 0.4) is 0 Å². The molecule has 1 aliphatic rings. The van der Waals surface area contributed by atoms with Gasteiger partial charge in [-0.3, -0.25) is 14.2 Å². The molecule has 1 amide bonds. The first-order valence-corrected chi connectivity index (χ1v) is 10.1. The van der Waals surface area contributed by atoms with Crippen molar-refractivity contribution in [2.24, 2.45) is 0 Å². The van der Waals surface area contributed by atoms with Gasteiger partial charge in [0.05, 0.1) is 11.2 Å². The Labute approximate surface area is 164 Å². The van der Waals surface area contributed by atoms with Gasteiger partial charge in [0.25, 0.3) is 5.56 Å². The molecular weight excluding hydrogens is 386 g/mol. The standard InChI is InChI=1S/C19H18ClN3O3S/c20-12-5-7-14(8-6-12)23-18(25)17-15(9-10-27-17)22(19(23)26)11-16(24)21-13-3-1-2-4-13/h5-10,13H,1-4,11H2,(H,21,24). The van der Waals surface area contributed by atoms with Gasteiger partial charge in [0.2, 0.25) is 5.91 Å². The summed E-state index contributed by atoms with van der Waals surface area (Å²) in [7, 11) is 0. The largest absolute Gasteiger partial charge is 0.352 e. The second-order valence-corrected chi connectivity index (χ2v) is 8.02. The van der Waals surface area contributed by atoms with Gasteiger partial charge >= 0.3 is 5.69 Å². The third kappa shape index (κ3) is 3.44. The Bertz CT molecular complexity index is 1110. The zero-order chi connectivity index (χ0) is 19.0. The fourth-order valence-electron chi connectivity index (χ4n) is 3.54. The molecule has 1 saturated carbocycles. The summed E-state index contributed by atoms with van der Waals surface area (Å²) in [6.45, 7) is -0.115. The first-order valence-electron chi connectivity index (χ1n) is 8.83. The monoisotopic (exact) mass is 403 g/mol. The molecule has 8 heteroatoms. The summed E-state index contributed by atoms with van der Waals surface area (Å²) >= 11 is 7.17. The maximum atomic E-state index is 13.1. The first-order chi connectivity index (χ1) is 13.0. The number of halogens is 1. The Kier molecular flexibility index (Phi) is 4.88. The topological polar surface area (TPSA) is 73.1 Å². The van der Waals surface area contributed by atoms with Crippen molar-refractivity contribution >= 4 is 39.1 Å². The molecule has 0 radical (unpaired) electrons. The van der Waals surface area contributed by atoms with E-state index in [1.807, 2.05) is 0 Å². The van der Waals surface area contributed by atoms with Gasteiger partial charge in [0.1, 0.15) is 11.2 Å². The smallest absolute Gasteiger partial charge is 0.336 e. The van der Waals surface area contributed by atoms with Crippen LogP contribution in [0.25, 0.3) is 15.9 Å². The highest BCUT2D eigenvalue weighted by molar-refractivity contribution is 7.17. The molecule has 2 aromatic heterocycles. The molecule has 0 unspecified atom stereocenters. The normalized spacial score (nSPS) is 14.7. The predicted octanol–water partition coefficient (Wildman–Crippen LogP) is 2.93. The van der Waals surface area contributed by atoms with Crippen molar-refractivity contribution in [3.05, 3.63) is 61.6 Å². The molecule has 1 fully saturated rings. The molecule has 3 aromatic rings. The number of nitrogens with one attached hydrogen (secondary N) is 1. The average Bonchev–Trinajstić information content (AvgIpc) is 3.32. The van der Waals surface area contributed by atoms with E-state index in [9.17, 15) is 14.4 Å². The zero-order valence-electron chi connectivity index (χ0n) is 14.5. The highest BCUT2D eigenvalue weighted by Gasteiger charge is 2.20. The van der Waals surface area contributed by atoms with Crippen LogP contribution < -0.4 is 16.6 Å². The molecule has 1 aliphatic carbocycles. The number of fused-ring (bicyclic) bond motifs is 1. The van der Waals surface area contributed by atoms with E-state index >= 15 is 0 Å². The number of aromatic nitrogens is 2. The number of rotatable bonds is 4. The number of hydrogen-bond acceptors (Lipinski definition) is 4. The molecular formula is C19H18ClN3O3S. The van der Waals surface area contributed by atoms with Crippen LogP contribution in [0, 0.1) is 0 Å². The summed E-state index contributed by atoms with van der Waals surface area (Å²) in [5.41, 5.74) is -0.00833. The van der Waals surface area contributed by atoms with Crippen LogP contribution in [0.15, 0.2) is 45.3 Å². The van der Waals surface area contributed by atoms with E-state index in [2.05, 4.69) is 5.32 Å². The quantitative estimate of drug-likeness (QED) is 0.727. The summed E-state index contributed by atoms with van der Waals surface area (Å²) in [5.74, 6) is -0.210. The number of nitrogens with zero attached hydrogens (tertiary/aromatic N) is 2. The Balaban J connectivity index is 1.79. The predicted molar refractivity (Wildman–Crippen MR) is 107 cm³/mol. The van der Waals surface area contributed by atoms with E-state index in [1.54, 1.807) is 35.7 Å². The minimum Gasteiger partial charge on any atom is -0.352 e.